The Hall–Kier alpha value is -4.04. The number of aromatic amines is 2. The number of nitrogens with two attached hydrogens (primary N) is 1. The van der Waals surface area contributed by atoms with E-state index in [-0.39, 0.29) is 29.5 Å². The van der Waals surface area contributed by atoms with E-state index >= 15 is 0 Å². The molecule has 8 nitrogen and oxygen atoms in total. The van der Waals surface area contributed by atoms with Crippen LogP contribution in [-0.2, 0) is 21.4 Å². The van der Waals surface area contributed by atoms with Gasteiger partial charge in [-0.1, -0.05) is 34.1 Å². The van der Waals surface area contributed by atoms with Gasteiger partial charge in [-0.05, 0) is 98.2 Å². The van der Waals surface area contributed by atoms with Crippen LogP contribution in [0.25, 0.3) is 33.7 Å². The molecule has 2 aliphatic heterocycles. The number of allylic oxidation sites excluding steroid dienone is 1. The molecule has 0 aromatic carbocycles. The number of nitrogens with one attached hydrogen (secondary N) is 2. The van der Waals surface area contributed by atoms with Gasteiger partial charge in [0, 0.05) is 57.6 Å². The predicted molar refractivity (Wildman–Crippen MR) is 177 cm³/mol. The second-order valence-corrected chi connectivity index (χ2v) is 13.2. The topological polar surface area (TPSA) is 138 Å². The zero-order valence-corrected chi connectivity index (χ0v) is 27.0. The molecule has 8 heteroatoms. The Morgan fingerprint density at radius 2 is 1.75 bits per heavy atom. The fraction of sp³-hybridized carbons (Fsp3) is 0.444. The van der Waals surface area contributed by atoms with E-state index in [1.165, 1.54) is 0 Å². The zero-order chi connectivity index (χ0) is 31.9. The van der Waals surface area contributed by atoms with Crippen LogP contribution in [0.4, 0.5) is 0 Å². The summed E-state index contributed by atoms with van der Waals surface area (Å²) in [4.78, 5) is 42.0. The number of carboxylic acids is 1. The van der Waals surface area contributed by atoms with Crippen molar-refractivity contribution in [2.24, 2.45) is 11.7 Å². The molecule has 3 aromatic rings. The highest BCUT2D eigenvalue weighted by Crippen LogP contribution is 2.45. The number of ketones is 1. The molecule has 2 aliphatic rings. The molecule has 8 bridgehead atoms. The SMILES string of the molecule is CC[C@@H](C)[C@H](N)C(=O)CC[C@H]1c2cc3[nH]c(cc4nc(cc5cc(C)c(cc(n2)C1(C)C)[nH]5)C(C)=C4)c(C)c3CCC(=O)O. The molecule has 0 aliphatic carbocycles. The second-order valence-electron chi connectivity index (χ2n) is 13.2. The normalized spacial score (nSPS) is 17.3. The summed E-state index contributed by atoms with van der Waals surface area (Å²) >= 11 is 0. The van der Waals surface area contributed by atoms with Gasteiger partial charge >= 0.3 is 5.97 Å². The molecule has 0 radical (unpaired) electrons. The Morgan fingerprint density at radius 3 is 2.45 bits per heavy atom. The number of carbonyl (C=O) groups is 2. The van der Waals surface area contributed by atoms with Crippen LogP contribution in [0, 0.1) is 19.8 Å². The molecule has 0 unspecified atom stereocenters. The smallest absolute Gasteiger partial charge is 0.303 e. The van der Waals surface area contributed by atoms with Crippen molar-refractivity contribution in [3.05, 3.63) is 69.8 Å². The van der Waals surface area contributed by atoms with E-state index in [0.29, 0.717) is 19.3 Å². The Balaban J connectivity index is 1.76. The lowest BCUT2D eigenvalue weighted by atomic mass is 9.74. The van der Waals surface area contributed by atoms with E-state index in [4.69, 9.17) is 15.7 Å². The van der Waals surface area contributed by atoms with Crippen LogP contribution in [0.2, 0.25) is 0 Å². The standard InChI is InChI=1S/C36H45N5O3/c1-8-19(2)35(37)32(42)11-10-26-31-17-30-25(9-12-34(43)44)22(5)29(40-30)16-24-13-20(3)27(38-24)15-23-14-21(4)28(39-23)18-33(41-31)36(26,6)7/h13-19,26,35,39-40H,8-12,37H2,1-7H3,(H,43,44)/t19-,26+,35+/m1/s1. The molecule has 0 amide bonds. The molecule has 3 atom stereocenters. The van der Waals surface area contributed by atoms with Crippen molar-refractivity contribution in [3.8, 4) is 0 Å². The quantitative estimate of drug-likeness (QED) is 0.205. The van der Waals surface area contributed by atoms with Crippen LogP contribution in [0.3, 0.4) is 0 Å². The third kappa shape index (κ3) is 6.13. The first-order chi connectivity index (χ1) is 20.8. The van der Waals surface area contributed by atoms with Gasteiger partial charge in [0.05, 0.1) is 17.4 Å². The Bertz CT molecular complexity index is 1810. The van der Waals surface area contributed by atoms with Crippen molar-refractivity contribution < 1.29 is 14.7 Å². The summed E-state index contributed by atoms with van der Waals surface area (Å²) in [6.07, 6.45) is 4.33. The molecule has 0 saturated heterocycles. The summed E-state index contributed by atoms with van der Waals surface area (Å²) in [6.45, 7) is 14.6. The third-order valence-corrected chi connectivity index (χ3v) is 9.74. The number of aromatic nitrogens is 4. The van der Waals surface area contributed by atoms with Gasteiger partial charge in [0.15, 0.2) is 0 Å². The number of hydrogen-bond acceptors (Lipinski definition) is 5. The van der Waals surface area contributed by atoms with Gasteiger partial charge in [-0.25, -0.2) is 4.98 Å². The predicted octanol–water partition coefficient (Wildman–Crippen LogP) is 7.29. The van der Waals surface area contributed by atoms with E-state index < -0.39 is 12.0 Å². The molecule has 44 heavy (non-hydrogen) atoms. The van der Waals surface area contributed by atoms with Crippen LogP contribution >= 0.6 is 0 Å². The molecular weight excluding hydrogens is 550 g/mol. The maximum Gasteiger partial charge on any atom is 0.303 e. The average Bonchev–Trinajstić information content (AvgIpc) is 3.64. The lowest BCUT2D eigenvalue weighted by Crippen LogP contribution is -2.37. The monoisotopic (exact) mass is 595 g/mol. The van der Waals surface area contributed by atoms with Gasteiger partial charge in [0.1, 0.15) is 5.78 Å². The van der Waals surface area contributed by atoms with Crippen molar-refractivity contribution in [2.45, 2.75) is 97.9 Å². The number of aliphatic carboxylic acids is 1. The first-order valence-electron chi connectivity index (χ1n) is 15.7. The molecule has 5 N–H and O–H groups in total. The van der Waals surface area contributed by atoms with Crippen molar-refractivity contribution in [1.82, 2.24) is 19.9 Å². The summed E-state index contributed by atoms with van der Waals surface area (Å²) in [7, 11) is 0. The van der Waals surface area contributed by atoms with Gasteiger partial charge in [0.25, 0.3) is 0 Å². The highest BCUT2D eigenvalue weighted by Gasteiger charge is 2.40. The molecular formula is C36H45N5O3. The average molecular weight is 596 g/mol. The summed E-state index contributed by atoms with van der Waals surface area (Å²) in [5.41, 5.74) is 17.3. The van der Waals surface area contributed by atoms with Crippen molar-refractivity contribution in [2.75, 3.05) is 0 Å². The highest BCUT2D eigenvalue weighted by molar-refractivity contribution is 5.85. The largest absolute Gasteiger partial charge is 0.481 e. The first kappa shape index (κ1) is 31.4. The number of nitrogens with zero attached hydrogens (tertiary/aromatic N) is 2. The fourth-order valence-corrected chi connectivity index (χ4v) is 6.48. The molecule has 0 spiro atoms. The van der Waals surface area contributed by atoms with Crippen LogP contribution in [0.15, 0.2) is 30.3 Å². The maximum atomic E-state index is 13.2. The van der Waals surface area contributed by atoms with E-state index in [1.807, 2.05) is 19.9 Å². The number of rotatable bonds is 9. The summed E-state index contributed by atoms with van der Waals surface area (Å²) in [5.74, 6) is -0.669. The summed E-state index contributed by atoms with van der Waals surface area (Å²) < 4.78 is 0. The number of hydrogen-bond donors (Lipinski definition) is 4. The Morgan fingerprint density at radius 1 is 1.00 bits per heavy atom. The van der Waals surface area contributed by atoms with E-state index in [0.717, 1.165) is 73.5 Å². The fourth-order valence-electron chi connectivity index (χ4n) is 6.48. The lowest BCUT2D eigenvalue weighted by molar-refractivity contribution is -0.137. The summed E-state index contributed by atoms with van der Waals surface area (Å²) in [5, 5.41) is 9.52. The van der Waals surface area contributed by atoms with Crippen LogP contribution < -0.4 is 5.73 Å². The number of carboxylic acid groups (broad SMARTS) is 1. The number of fused-ring (bicyclic) bond motifs is 8. The Kier molecular flexibility index (Phi) is 8.67. The van der Waals surface area contributed by atoms with Crippen LogP contribution in [0.5, 0.6) is 0 Å². The van der Waals surface area contributed by atoms with Gasteiger partial charge < -0.3 is 20.8 Å². The molecule has 5 heterocycles. The third-order valence-electron chi connectivity index (χ3n) is 9.74. The van der Waals surface area contributed by atoms with Crippen molar-refractivity contribution >= 4 is 45.5 Å². The van der Waals surface area contributed by atoms with Gasteiger partial charge in [-0.15, -0.1) is 0 Å². The number of Topliss-reactive ketones (excluding diaryl/α,β-unsaturated/α-hetero) is 1. The second kappa shape index (κ2) is 12.2. The number of H-pyrrole nitrogens is 2. The Labute approximate surface area is 259 Å². The molecule has 232 valence electrons. The van der Waals surface area contributed by atoms with Crippen molar-refractivity contribution in [1.29, 1.82) is 0 Å². The minimum atomic E-state index is -0.840. The first-order valence-corrected chi connectivity index (χ1v) is 15.7. The van der Waals surface area contributed by atoms with Gasteiger partial charge in [-0.3, -0.25) is 14.6 Å². The van der Waals surface area contributed by atoms with E-state index in [2.05, 4.69) is 74.9 Å². The summed E-state index contributed by atoms with van der Waals surface area (Å²) in [6, 6.07) is 9.93. The lowest BCUT2D eigenvalue weighted by Gasteiger charge is -2.28. The highest BCUT2D eigenvalue weighted by atomic mass is 16.4. The van der Waals surface area contributed by atoms with E-state index in [9.17, 15) is 14.7 Å². The zero-order valence-electron chi connectivity index (χ0n) is 27.0. The minimum Gasteiger partial charge on any atom is -0.481 e. The van der Waals surface area contributed by atoms with Gasteiger partial charge in [0.2, 0.25) is 0 Å². The number of aryl methyl sites for hydroxylation is 3. The number of carbonyl (C=O) groups excluding carboxylic acids is 1. The molecule has 0 fully saturated rings. The molecule has 3 aromatic heterocycles. The minimum absolute atomic E-state index is 0.0224. The van der Waals surface area contributed by atoms with Crippen LogP contribution in [-0.4, -0.2) is 42.8 Å². The maximum absolute atomic E-state index is 13.2. The molecule has 0 saturated carbocycles. The molecule has 5 rings (SSSR count). The van der Waals surface area contributed by atoms with E-state index in [1.54, 1.807) is 0 Å². The van der Waals surface area contributed by atoms with Crippen molar-refractivity contribution in [3.63, 3.8) is 0 Å². The van der Waals surface area contributed by atoms with Crippen LogP contribution in [0.1, 0.15) is 106 Å². The van der Waals surface area contributed by atoms with Gasteiger partial charge in [-0.2, -0.15) is 0 Å².